The lowest BCUT2D eigenvalue weighted by molar-refractivity contribution is 0.302. The van der Waals surface area contributed by atoms with Crippen LogP contribution in [0.3, 0.4) is 0 Å². The number of nitrogens with two attached hydrogens (primary N) is 1. The molecule has 0 radical (unpaired) electrons. The highest BCUT2D eigenvalue weighted by molar-refractivity contribution is 6.32. The molecule has 0 aliphatic heterocycles. The molecule has 0 saturated carbocycles. The number of halogens is 1. The number of imidazole rings is 1. The zero-order valence-corrected chi connectivity index (χ0v) is 12.4. The maximum atomic E-state index is 6.21. The number of benzene rings is 1. The van der Waals surface area contributed by atoms with Crippen molar-refractivity contribution in [2.75, 3.05) is 0 Å². The van der Waals surface area contributed by atoms with E-state index in [1.165, 1.54) is 0 Å². The van der Waals surface area contributed by atoms with Crippen LogP contribution in [0.2, 0.25) is 5.02 Å². The Bertz CT molecular complexity index is 734. The van der Waals surface area contributed by atoms with E-state index in [0.717, 1.165) is 16.9 Å². The molecule has 3 aromatic rings. The fraction of sp³-hybridized carbons (Fsp3) is 0.188. The maximum absolute atomic E-state index is 6.21. The van der Waals surface area contributed by atoms with Gasteiger partial charge < -0.3 is 14.9 Å². The Kier molecular flexibility index (Phi) is 3.82. The van der Waals surface area contributed by atoms with Crippen LogP contribution in [0, 0.1) is 0 Å². The molecule has 5 heteroatoms. The lowest BCUT2D eigenvalue weighted by Gasteiger charge is -2.10. The first-order chi connectivity index (χ1) is 10.1. The standard InChI is InChI=1S/C16H16ClN3O/c1-11(18)12-5-6-15(14(17)8-12)21-10-13-9-20-7-3-2-4-16(20)19-13/h2-9,11H,10,18H2,1H3/t11-/m1/s1. The van der Waals surface area contributed by atoms with E-state index < -0.39 is 0 Å². The molecular weight excluding hydrogens is 286 g/mol. The molecule has 1 aromatic carbocycles. The van der Waals surface area contributed by atoms with Crippen LogP contribution in [0.5, 0.6) is 5.75 Å². The third-order valence-corrected chi connectivity index (χ3v) is 3.57. The predicted octanol–water partition coefficient (Wildman–Crippen LogP) is 3.59. The summed E-state index contributed by atoms with van der Waals surface area (Å²) in [7, 11) is 0. The molecule has 0 fully saturated rings. The van der Waals surface area contributed by atoms with Gasteiger partial charge in [-0.2, -0.15) is 0 Å². The van der Waals surface area contributed by atoms with Gasteiger partial charge in [-0.05, 0) is 36.8 Å². The van der Waals surface area contributed by atoms with Gasteiger partial charge in [0, 0.05) is 18.4 Å². The Balaban J connectivity index is 1.75. The van der Waals surface area contributed by atoms with Crippen molar-refractivity contribution in [3.63, 3.8) is 0 Å². The summed E-state index contributed by atoms with van der Waals surface area (Å²) in [5.41, 5.74) is 8.57. The molecule has 0 aliphatic rings. The minimum Gasteiger partial charge on any atom is -0.486 e. The fourth-order valence-electron chi connectivity index (χ4n) is 2.13. The second-order valence-corrected chi connectivity index (χ2v) is 5.37. The number of pyridine rings is 1. The molecule has 0 amide bonds. The lowest BCUT2D eigenvalue weighted by Crippen LogP contribution is -2.05. The second-order valence-electron chi connectivity index (χ2n) is 4.97. The van der Waals surface area contributed by atoms with Gasteiger partial charge in [-0.3, -0.25) is 0 Å². The normalized spacial score (nSPS) is 12.5. The van der Waals surface area contributed by atoms with Gasteiger partial charge in [0.15, 0.2) is 0 Å². The molecule has 0 bridgehead atoms. The highest BCUT2D eigenvalue weighted by Crippen LogP contribution is 2.28. The first-order valence-electron chi connectivity index (χ1n) is 6.74. The molecule has 0 unspecified atom stereocenters. The molecule has 0 aliphatic carbocycles. The number of rotatable bonds is 4. The molecule has 1 atom stereocenters. The number of hydrogen-bond donors (Lipinski definition) is 1. The average Bonchev–Trinajstić information content (AvgIpc) is 2.88. The van der Waals surface area contributed by atoms with Crippen LogP contribution >= 0.6 is 11.6 Å². The Morgan fingerprint density at radius 3 is 2.90 bits per heavy atom. The summed E-state index contributed by atoms with van der Waals surface area (Å²) in [5.74, 6) is 0.637. The van der Waals surface area contributed by atoms with Gasteiger partial charge in [0.05, 0.1) is 10.7 Å². The summed E-state index contributed by atoms with van der Waals surface area (Å²) in [6.45, 7) is 2.29. The van der Waals surface area contributed by atoms with Crippen LogP contribution < -0.4 is 10.5 Å². The molecular formula is C16H16ClN3O. The third-order valence-electron chi connectivity index (χ3n) is 3.27. The molecule has 2 heterocycles. The van der Waals surface area contributed by atoms with E-state index in [9.17, 15) is 0 Å². The number of nitrogens with zero attached hydrogens (tertiary/aromatic N) is 2. The quantitative estimate of drug-likeness (QED) is 0.801. The van der Waals surface area contributed by atoms with Gasteiger partial charge in [-0.1, -0.05) is 23.7 Å². The number of fused-ring (bicyclic) bond motifs is 1. The van der Waals surface area contributed by atoms with Gasteiger partial charge >= 0.3 is 0 Å². The summed E-state index contributed by atoms with van der Waals surface area (Å²) < 4.78 is 7.70. The van der Waals surface area contributed by atoms with E-state index in [1.807, 2.05) is 60.1 Å². The minimum atomic E-state index is -0.0463. The molecule has 4 nitrogen and oxygen atoms in total. The van der Waals surface area contributed by atoms with Crippen molar-refractivity contribution in [1.82, 2.24) is 9.38 Å². The van der Waals surface area contributed by atoms with E-state index in [-0.39, 0.29) is 6.04 Å². The highest BCUT2D eigenvalue weighted by atomic mass is 35.5. The smallest absolute Gasteiger partial charge is 0.138 e. The van der Waals surface area contributed by atoms with Crippen molar-refractivity contribution in [1.29, 1.82) is 0 Å². The Hall–Kier alpha value is -2.04. The Labute approximate surface area is 128 Å². The van der Waals surface area contributed by atoms with Crippen molar-refractivity contribution in [3.05, 3.63) is 65.1 Å². The van der Waals surface area contributed by atoms with Crippen LogP contribution in [0.4, 0.5) is 0 Å². The van der Waals surface area contributed by atoms with E-state index in [4.69, 9.17) is 22.1 Å². The number of ether oxygens (including phenoxy) is 1. The van der Waals surface area contributed by atoms with Crippen LogP contribution in [-0.4, -0.2) is 9.38 Å². The molecule has 2 aromatic heterocycles. The maximum Gasteiger partial charge on any atom is 0.138 e. The molecule has 0 spiro atoms. The van der Waals surface area contributed by atoms with E-state index in [1.54, 1.807) is 0 Å². The van der Waals surface area contributed by atoms with Crippen molar-refractivity contribution < 1.29 is 4.74 Å². The van der Waals surface area contributed by atoms with Crippen LogP contribution in [0.1, 0.15) is 24.2 Å². The summed E-state index contributed by atoms with van der Waals surface area (Å²) >= 11 is 6.21. The summed E-state index contributed by atoms with van der Waals surface area (Å²) in [4.78, 5) is 4.48. The summed E-state index contributed by atoms with van der Waals surface area (Å²) in [6, 6.07) is 11.4. The SMILES string of the molecule is C[C@@H](N)c1ccc(OCc2cn3ccccc3n2)c(Cl)c1. The van der Waals surface area contributed by atoms with E-state index in [0.29, 0.717) is 17.4 Å². The molecule has 108 valence electrons. The molecule has 3 rings (SSSR count). The van der Waals surface area contributed by atoms with Crippen LogP contribution in [-0.2, 0) is 6.61 Å². The Morgan fingerprint density at radius 1 is 1.33 bits per heavy atom. The first kappa shape index (κ1) is 13.9. The van der Waals surface area contributed by atoms with Gasteiger partial charge in [0.1, 0.15) is 18.0 Å². The van der Waals surface area contributed by atoms with Crippen molar-refractivity contribution >= 4 is 17.2 Å². The van der Waals surface area contributed by atoms with Crippen LogP contribution in [0.25, 0.3) is 5.65 Å². The van der Waals surface area contributed by atoms with Gasteiger partial charge in [0.25, 0.3) is 0 Å². The second kappa shape index (κ2) is 5.76. The molecule has 21 heavy (non-hydrogen) atoms. The number of aromatic nitrogens is 2. The lowest BCUT2D eigenvalue weighted by atomic mass is 10.1. The third kappa shape index (κ3) is 3.01. The predicted molar refractivity (Wildman–Crippen MR) is 83.6 cm³/mol. The monoisotopic (exact) mass is 301 g/mol. The van der Waals surface area contributed by atoms with Gasteiger partial charge in [0.2, 0.25) is 0 Å². The van der Waals surface area contributed by atoms with E-state index >= 15 is 0 Å². The Morgan fingerprint density at radius 2 is 2.19 bits per heavy atom. The minimum absolute atomic E-state index is 0.0463. The zero-order chi connectivity index (χ0) is 14.8. The highest BCUT2D eigenvalue weighted by Gasteiger charge is 2.07. The van der Waals surface area contributed by atoms with Gasteiger partial charge in [-0.15, -0.1) is 0 Å². The van der Waals surface area contributed by atoms with Crippen molar-refractivity contribution in [2.24, 2.45) is 5.73 Å². The van der Waals surface area contributed by atoms with Gasteiger partial charge in [-0.25, -0.2) is 4.98 Å². The van der Waals surface area contributed by atoms with Crippen LogP contribution in [0.15, 0.2) is 48.8 Å². The average molecular weight is 302 g/mol. The molecule has 2 N–H and O–H groups in total. The van der Waals surface area contributed by atoms with E-state index in [2.05, 4.69) is 4.98 Å². The summed E-state index contributed by atoms with van der Waals surface area (Å²) in [6.07, 6.45) is 3.90. The van der Waals surface area contributed by atoms with Crippen molar-refractivity contribution in [3.8, 4) is 5.75 Å². The topological polar surface area (TPSA) is 52.5 Å². The largest absolute Gasteiger partial charge is 0.486 e. The number of hydrogen-bond acceptors (Lipinski definition) is 3. The first-order valence-corrected chi connectivity index (χ1v) is 7.12. The fourth-order valence-corrected chi connectivity index (χ4v) is 2.37. The zero-order valence-electron chi connectivity index (χ0n) is 11.7. The molecule has 0 saturated heterocycles. The summed E-state index contributed by atoms with van der Waals surface area (Å²) in [5, 5.41) is 0.563. The van der Waals surface area contributed by atoms with Crippen molar-refractivity contribution in [2.45, 2.75) is 19.6 Å².